The maximum Gasteiger partial charge on any atom is 0.258 e. The van der Waals surface area contributed by atoms with Gasteiger partial charge in [0.1, 0.15) is 11.9 Å². The van der Waals surface area contributed by atoms with Crippen LogP contribution >= 0.6 is 11.3 Å². The van der Waals surface area contributed by atoms with Gasteiger partial charge >= 0.3 is 0 Å². The molecule has 0 unspecified atom stereocenters. The number of aromatic nitrogens is 2. The number of hydrogen-bond acceptors (Lipinski definition) is 6. The number of carbonyl (C=O) groups is 1. The summed E-state index contributed by atoms with van der Waals surface area (Å²) >= 11 is 1.53. The Kier molecular flexibility index (Phi) is 4.57. The fourth-order valence-electron chi connectivity index (χ4n) is 3.16. The van der Waals surface area contributed by atoms with E-state index >= 15 is 0 Å². The molecular formula is C22H17N3O3S. The number of rotatable bonds is 5. The molecule has 0 bridgehead atoms. The predicted molar refractivity (Wildman–Crippen MR) is 110 cm³/mol. The SMILES string of the molecule is O=C(c1ccsc1)N1CC(Oc2ccc(-c3noc(-c4ccccc4)n3)cc2)C1. The molecule has 7 heteroatoms. The summed E-state index contributed by atoms with van der Waals surface area (Å²) in [4.78, 5) is 18.5. The molecule has 29 heavy (non-hydrogen) atoms. The van der Waals surface area contributed by atoms with Crippen LogP contribution in [0.25, 0.3) is 22.8 Å². The monoisotopic (exact) mass is 403 g/mol. The third-order valence-electron chi connectivity index (χ3n) is 4.77. The number of carbonyl (C=O) groups excluding carboxylic acids is 1. The van der Waals surface area contributed by atoms with Crippen molar-refractivity contribution in [3.63, 3.8) is 0 Å². The second kappa shape index (κ2) is 7.52. The molecule has 144 valence electrons. The average Bonchev–Trinajstić information content (AvgIpc) is 3.43. The second-order valence-corrected chi connectivity index (χ2v) is 7.56. The highest BCUT2D eigenvalue weighted by molar-refractivity contribution is 7.08. The lowest BCUT2D eigenvalue weighted by atomic mass is 10.1. The standard InChI is InChI=1S/C22H17N3O3S/c26-22(17-10-11-29-14-17)25-12-19(13-25)27-18-8-6-15(7-9-18)20-23-21(28-24-20)16-4-2-1-3-5-16/h1-11,14,19H,12-13H2. The molecule has 0 radical (unpaired) electrons. The van der Waals surface area contributed by atoms with Gasteiger partial charge in [-0.25, -0.2) is 0 Å². The molecule has 1 fully saturated rings. The van der Waals surface area contributed by atoms with E-state index in [0.29, 0.717) is 24.8 Å². The van der Waals surface area contributed by atoms with E-state index in [4.69, 9.17) is 9.26 Å². The van der Waals surface area contributed by atoms with Gasteiger partial charge in [0.2, 0.25) is 5.82 Å². The largest absolute Gasteiger partial charge is 0.487 e. The minimum Gasteiger partial charge on any atom is -0.487 e. The van der Waals surface area contributed by atoms with Crippen LogP contribution < -0.4 is 4.74 Å². The van der Waals surface area contributed by atoms with Gasteiger partial charge in [-0.05, 0) is 47.8 Å². The highest BCUT2D eigenvalue weighted by Crippen LogP contribution is 2.25. The van der Waals surface area contributed by atoms with Crippen LogP contribution in [0.1, 0.15) is 10.4 Å². The van der Waals surface area contributed by atoms with E-state index in [1.165, 1.54) is 11.3 Å². The average molecular weight is 403 g/mol. The molecule has 0 N–H and O–H groups in total. The van der Waals surface area contributed by atoms with Crippen molar-refractivity contribution < 1.29 is 14.1 Å². The molecule has 6 nitrogen and oxygen atoms in total. The topological polar surface area (TPSA) is 68.5 Å². The van der Waals surface area contributed by atoms with Gasteiger partial charge in [0.15, 0.2) is 0 Å². The molecule has 1 aliphatic rings. The maximum absolute atomic E-state index is 12.2. The molecule has 0 saturated carbocycles. The van der Waals surface area contributed by atoms with E-state index in [9.17, 15) is 4.79 Å². The molecule has 4 aromatic rings. The Labute approximate surface area is 171 Å². The molecule has 1 saturated heterocycles. The van der Waals surface area contributed by atoms with Crippen LogP contribution in [0.3, 0.4) is 0 Å². The van der Waals surface area contributed by atoms with E-state index in [2.05, 4.69) is 10.1 Å². The molecule has 2 aromatic heterocycles. The van der Waals surface area contributed by atoms with Gasteiger partial charge in [-0.3, -0.25) is 4.79 Å². The summed E-state index contributed by atoms with van der Waals surface area (Å²) in [6.07, 6.45) is 0.0123. The molecule has 0 aliphatic carbocycles. The minimum absolute atomic E-state index is 0.0123. The number of amides is 1. The highest BCUT2D eigenvalue weighted by atomic mass is 32.1. The molecular weight excluding hydrogens is 386 g/mol. The summed E-state index contributed by atoms with van der Waals surface area (Å²) < 4.78 is 11.3. The van der Waals surface area contributed by atoms with Crippen LogP contribution in [0.15, 0.2) is 75.9 Å². The van der Waals surface area contributed by atoms with Crippen LogP contribution in [0.5, 0.6) is 5.75 Å². The fourth-order valence-corrected chi connectivity index (χ4v) is 3.79. The van der Waals surface area contributed by atoms with Gasteiger partial charge in [-0.2, -0.15) is 16.3 Å². The van der Waals surface area contributed by atoms with Crippen LogP contribution in [-0.2, 0) is 0 Å². The van der Waals surface area contributed by atoms with Gasteiger partial charge in [0.25, 0.3) is 11.8 Å². The van der Waals surface area contributed by atoms with Crippen LogP contribution in [0, 0.1) is 0 Å². The maximum atomic E-state index is 12.2. The molecule has 1 amide bonds. The Bertz CT molecular complexity index is 1100. The van der Waals surface area contributed by atoms with Crippen molar-refractivity contribution in [1.82, 2.24) is 15.0 Å². The van der Waals surface area contributed by atoms with Crippen molar-refractivity contribution in [3.05, 3.63) is 77.0 Å². The van der Waals surface area contributed by atoms with Gasteiger partial charge in [-0.1, -0.05) is 23.4 Å². The third-order valence-corrected chi connectivity index (χ3v) is 5.45. The number of likely N-dealkylation sites (tertiary alicyclic amines) is 1. The molecule has 0 atom stereocenters. The van der Waals surface area contributed by atoms with Crippen molar-refractivity contribution in [2.24, 2.45) is 0 Å². The first-order chi connectivity index (χ1) is 14.3. The van der Waals surface area contributed by atoms with Gasteiger partial charge in [0, 0.05) is 16.5 Å². The minimum atomic E-state index is 0.0123. The smallest absolute Gasteiger partial charge is 0.258 e. The summed E-state index contributed by atoms with van der Waals surface area (Å²) in [5, 5.41) is 7.85. The summed E-state index contributed by atoms with van der Waals surface area (Å²) in [5.74, 6) is 1.85. The van der Waals surface area contributed by atoms with Crippen LogP contribution in [0.4, 0.5) is 0 Å². The molecule has 2 aromatic carbocycles. The van der Waals surface area contributed by atoms with Gasteiger partial charge in [-0.15, -0.1) is 0 Å². The van der Waals surface area contributed by atoms with Crippen LogP contribution in [-0.4, -0.2) is 40.1 Å². The fraction of sp³-hybridized carbons (Fsp3) is 0.136. The van der Waals surface area contributed by atoms with Crippen molar-refractivity contribution >= 4 is 17.2 Å². The summed E-state index contributed by atoms with van der Waals surface area (Å²) in [6, 6.07) is 19.1. The van der Waals surface area contributed by atoms with Gasteiger partial charge < -0.3 is 14.2 Å². The zero-order chi connectivity index (χ0) is 19.6. The Morgan fingerprint density at radius 2 is 1.83 bits per heavy atom. The quantitative estimate of drug-likeness (QED) is 0.495. The summed E-state index contributed by atoms with van der Waals surface area (Å²) in [6.45, 7) is 1.20. The highest BCUT2D eigenvalue weighted by Gasteiger charge is 2.32. The third kappa shape index (κ3) is 3.64. The number of thiophene rings is 1. The zero-order valence-electron chi connectivity index (χ0n) is 15.4. The van der Waals surface area contributed by atoms with Crippen molar-refractivity contribution in [1.29, 1.82) is 0 Å². The normalized spacial score (nSPS) is 13.9. The second-order valence-electron chi connectivity index (χ2n) is 6.78. The summed E-state index contributed by atoms with van der Waals surface area (Å²) in [7, 11) is 0. The zero-order valence-corrected chi connectivity index (χ0v) is 16.2. The Morgan fingerprint density at radius 1 is 1.03 bits per heavy atom. The number of hydrogen-bond donors (Lipinski definition) is 0. The first-order valence-electron chi connectivity index (χ1n) is 9.24. The molecule has 1 aliphatic heterocycles. The lowest BCUT2D eigenvalue weighted by molar-refractivity contribution is 0.0178. The van der Waals surface area contributed by atoms with E-state index in [1.807, 2.05) is 71.4 Å². The van der Waals surface area contributed by atoms with Crippen molar-refractivity contribution in [2.75, 3.05) is 13.1 Å². The number of benzene rings is 2. The number of nitrogens with zero attached hydrogens (tertiary/aromatic N) is 3. The van der Waals surface area contributed by atoms with Crippen molar-refractivity contribution in [2.45, 2.75) is 6.10 Å². The van der Waals surface area contributed by atoms with Crippen LogP contribution in [0.2, 0.25) is 0 Å². The molecule has 3 heterocycles. The molecule has 5 rings (SSSR count). The van der Waals surface area contributed by atoms with Crippen molar-refractivity contribution in [3.8, 4) is 28.6 Å². The first kappa shape index (κ1) is 17.6. The Balaban J connectivity index is 1.20. The number of ether oxygens (including phenoxy) is 1. The van der Waals surface area contributed by atoms with Gasteiger partial charge in [0.05, 0.1) is 18.7 Å². The lowest BCUT2D eigenvalue weighted by Gasteiger charge is -2.38. The van der Waals surface area contributed by atoms with E-state index in [1.54, 1.807) is 4.90 Å². The Hall–Kier alpha value is -3.45. The predicted octanol–water partition coefficient (Wildman–Crippen LogP) is 4.37. The lowest BCUT2D eigenvalue weighted by Crippen LogP contribution is -2.56. The summed E-state index contributed by atoms with van der Waals surface area (Å²) in [5.41, 5.74) is 2.48. The van der Waals surface area contributed by atoms with E-state index in [-0.39, 0.29) is 12.0 Å². The Morgan fingerprint density at radius 3 is 2.55 bits per heavy atom. The molecule has 0 spiro atoms. The van der Waals surface area contributed by atoms with E-state index in [0.717, 1.165) is 22.4 Å². The van der Waals surface area contributed by atoms with E-state index < -0.39 is 0 Å². The first-order valence-corrected chi connectivity index (χ1v) is 10.2.